The molecule has 3 N–H and O–H groups in total. The lowest BCUT2D eigenvalue weighted by atomic mass is 10.0. The van der Waals surface area contributed by atoms with Gasteiger partial charge in [0.2, 0.25) is 5.91 Å². The number of amides is 1. The highest BCUT2D eigenvalue weighted by Crippen LogP contribution is 2.13. The van der Waals surface area contributed by atoms with Gasteiger partial charge in [-0.2, -0.15) is 0 Å². The van der Waals surface area contributed by atoms with Crippen molar-refractivity contribution in [3.8, 4) is 0 Å². The molecule has 0 heterocycles. The maximum atomic E-state index is 11.7. The summed E-state index contributed by atoms with van der Waals surface area (Å²) < 4.78 is 5.08. The Balaban J connectivity index is 2.63. The van der Waals surface area contributed by atoms with Crippen LogP contribution in [0.15, 0.2) is 24.3 Å². The van der Waals surface area contributed by atoms with Crippen molar-refractivity contribution >= 4 is 17.6 Å². The van der Waals surface area contributed by atoms with Gasteiger partial charge in [-0.15, -0.1) is 0 Å². The molecule has 0 saturated carbocycles. The van der Waals surface area contributed by atoms with E-state index in [1.807, 2.05) is 0 Å². The van der Waals surface area contributed by atoms with Crippen LogP contribution in [-0.4, -0.2) is 23.5 Å². The molecule has 0 aliphatic rings. The minimum Gasteiger partial charge on any atom is -0.459 e. The molecular formula is C15H22N2O3. The Morgan fingerprint density at radius 3 is 2.25 bits per heavy atom. The van der Waals surface area contributed by atoms with Crippen LogP contribution in [0.1, 0.15) is 44.5 Å². The smallest absolute Gasteiger partial charge is 0.338 e. The molecule has 1 aromatic carbocycles. The second-order valence-corrected chi connectivity index (χ2v) is 5.74. The molecule has 20 heavy (non-hydrogen) atoms. The standard InChI is InChI=1S/C15H22N2O3/c1-10(2)20-14(19)11-5-7-12(8-6-11)17-13(18)9-15(3,4)16/h5-8,10H,9,16H2,1-4H3,(H,17,18). The van der Waals surface area contributed by atoms with Crippen molar-refractivity contribution in [1.29, 1.82) is 0 Å². The number of ether oxygens (including phenoxy) is 1. The van der Waals surface area contributed by atoms with Crippen molar-refractivity contribution in [1.82, 2.24) is 0 Å². The molecule has 0 spiro atoms. The molecule has 0 unspecified atom stereocenters. The number of carbonyl (C=O) groups excluding carboxylic acids is 2. The number of rotatable bonds is 5. The highest BCUT2D eigenvalue weighted by molar-refractivity contribution is 5.93. The molecule has 0 aliphatic heterocycles. The first-order chi connectivity index (χ1) is 9.17. The van der Waals surface area contributed by atoms with Gasteiger partial charge in [-0.25, -0.2) is 4.79 Å². The summed E-state index contributed by atoms with van der Waals surface area (Å²) >= 11 is 0. The Labute approximate surface area is 119 Å². The van der Waals surface area contributed by atoms with Crippen molar-refractivity contribution in [2.75, 3.05) is 5.32 Å². The minimum atomic E-state index is -0.551. The van der Waals surface area contributed by atoms with Crippen LogP contribution in [0.25, 0.3) is 0 Å². The summed E-state index contributed by atoms with van der Waals surface area (Å²) in [4.78, 5) is 23.4. The molecule has 0 aromatic heterocycles. The monoisotopic (exact) mass is 278 g/mol. The van der Waals surface area contributed by atoms with Crippen molar-refractivity contribution in [3.05, 3.63) is 29.8 Å². The van der Waals surface area contributed by atoms with E-state index in [2.05, 4.69) is 5.32 Å². The fraction of sp³-hybridized carbons (Fsp3) is 0.467. The molecule has 1 rings (SSSR count). The van der Waals surface area contributed by atoms with E-state index in [0.29, 0.717) is 11.3 Å². The molecule has 5 nitrogen and oxygen atoms in total. The second kappa shape index (κ2) is 6.52. The predicted octanol–water partition coefficient (Wildman–Crippen LogP) is 2.32. The molecule has 5 heteroatoms. The number of nitrogens with one attached hydrogen (secondary N) is 1. The first-order valence-corrected chi connectivity index (χ1v) is 6.57. The van der Waals surface area contributed by atoms with Crippen LogP contribution >= 0.6 is 0 Å². The minimum absolute atomic E-state index is 0.157. The van der Waals surface area contributed by atoms with Gasteiger partial charge < -0.3 is 15.8 Å². The average Bonchev–Trinajstić information content (AvgIpc) is 2.26. The lowest BCUT2D eigenvalue weighted by Crippen LogP contribution is -2.36. The van der Waals surface area contributed by atoms with Gasteiger partial charge in [0.1, 0.15) is 0 Å². The maximum Gasteiger partial charge on any atom is 0.338 e. The van der Waals surface area contributed by atoms with Gasteiger partial charge in [0.05, 0.1) is 11.7 Å². The zero-order valence-corrected chi connectivity index (χ0v) is 12.4. The third-order valence-corrected chi connectivity index (χ3v) is 2.36. The third-order valence-electron chi connectivity index (χ3n) is 2.36. The normalized spacial score (nSPS) is 11.3. The summed E-state index contributed by atoms with van der Waals surface area (Å²) in [5.41, 5.74) is 6.31. The Morgan fingerprint density at radius 2 is 1.80 bits per heavy atom. The number of benzene rings is 1. The maximum absolute atomic E-state index is 11.7. The molecule has 0 radical (unpaired) electrons. The SMILES string of the molecule is CC(C)OC(=O)c1ccc(NC(=O)CC(C)(C)N)cc1. The number of hydrogen-bond acceptors (Lipinski definition) is 4. The molecule has 1 amide bonds. The highest BCUT2D eigenvalue weighted by atomic mass is 16.5. The first-order valence-electron chi connectivity index (χ1n) is 6.57. The predicted molar refractivity (Wildman–Crippen MR) is 78.5 cm³/mol. The van der Waals surface area contributed by atoms with Crippen molar-refractivity contribution in [2.24, 2.45) is 5.73 Å². The number of nitrogens with two attached hydrogens (primary N) is 1. The average molecular weight is 278 g/mol. The summed E-state index contributed by atoms with van der Waals surface area (Å²) in [6.07, 6.45) is 0.0677. The van der Waals surface area contributed by atoms with Crippen LogP contribution in [0.4, 0.5) is 5.69 Å². The van der Waals surface area contributed by atoms with Crippen LogP contribution in [-0.2, 0) is 9.53 Å². The fourth-order valence-electron chi connectivity index (χ4n) is 1.59. The van der Waals surface area contributed by atoms with Crippen molar-refractivity contribution < 1.29 is 14.3 Å². The van der Waals surface area contributed by atoms with E-state index in [9.17, 15) is 9.59 Å². The van der Waals surface area contributed by atoms with E-state index in [1.165, 1.54) is 0 Å². The van der Waals surface area contributed by atoms with Gasteiger partial charge in [0.25, 0.3) is 0 Å². The van der Waals surface area contributed by atoms with E-state index >= 15 is 0 Å². The molecule has 0 aliphatic carbocycles. The third kappa shape index (κ3) is 5.84. The quantitative estimate of drug-likeness (QED) is 0.810. The molecule has 110 valence electrons. The van der Waals surface area contributed by atoms with Crippen LogP contribution in [0, 0.1) is 0 Å². The van der Waals surface area contributed by atoms with Crippen LogP contribution < -0.4 is 11.1 Å². The van der Waals surface area contributed by atoms with E-state index in [-0.39, 0.29) is 24.4 Å². The van der Waals surface area contributed by atoms with Gasteiger partial charge in [-0.1, -0.05) is 0 Å². The molecular weight excluding hydrogens is 256 g/mol. The van der Waals surface area contributed by atoms with Gasteiger partial charge in [-0.3, -0.25) is 4.79 Å². The number of anilines is 1. The largest absolute Gasteiger partial charge is 0.459 e. The number of hydrogen-bond donors (Lipinski definition) is 2. The van der Waals surface area contributed by atoms with Crippen LogP contribution in [0.5, 0.6) is 0 Å². The fourth-order valence-corrected chi connectivity index (χ4v) is 1.59. The van der Waals surface area contributed by atoms with Gasteiger partial charge >= 0.3 is 5.97 Å². The first kappa shape index (κ1) is 16.2. The number of esters is 1. The zero-order chi connectivity index (χ0) is 15.3. The van der Waals surface area contributed by atoms with Crippen molar-refractivity contribution in [3.63, 3.8) is 0 Å². The lowest BCUT2D eigenvalue weighted by Gasteiger charge is -2.17. The van der Waals surface area contributed by atoms with Crippen LogP contribution in [0.2, 0.25) is 0 Å². The van der Waals surface area contributed by atoms with Gasteiger partial charge in [0, 0.05) is 17.6 Å². The van der Waals surface area contributed by atoms with E-state index in [4.69, 9.17) is 10.5 Å². The van der Waals surface area contributed by atoms with E-state index in [1.54, 1.807) is 52.0 Å². The molecule has 1 aromatic rings. The van der Waals surface area contributed by atoms with Crippen LogP contribution in [0.3, 0.4) is 0 Å². The zero-order valence-electron chi connectivity index (χ0n) is 12.4. The molecule has 0 atom stereocenters. The summed E-state index contributed by atoms with van der Waals surface area (Å²) in [7, 11) is 0. The lowest BCUT2D eigenvalue weighted by molar-refractivity contribution is -0.117. The summed E-state index contributed by atoms with van der Waals surface area (Å²) in [6, 6.07) is 6.57. The topological polar surface area (TPSA) is 81.4 Å². The molecule has 0 bridgehead atoms. The Bertz CT molecular complexity index is 473. The van der Waals surface area contributed by atoms with Gasteiger partial charge in [-0.05, 0) is 52.0 Å². The second-order valence-electron chi connectivity index (χ2n) is 5.74. The van der Waals surface area contributed by atoms with E-state index < -0.39 is 5.54 Å². The summed E-state index contributed by atoms with van der Waals surface area (Å²) in [5, 5.41) is 2.73. The molecule has 0 fully saturated rings. The molecule has 0 saturated heterocycles. The highest BCUT2D eigenvalue weighted by Gasteiger charge is 2.16. The summed E-state index contributed by atoms with van der Waals surface area (Å²) in [5.74, 6) is -0.532. The Kier molecular flexibility index (Phi) is 5.27. The summed E-state index contributed by atoms with van der Waals surface area (Å²) in [6.45, 7) is 7.16. The van der Waals surface area contributed by atoms with Crippen molar-refractivity contribution in [2.45, 2.75) is 45.8 Å². The van der Waals surface area contributed by atoms with Gasteiger partial charge in [0.15, 0.2) is 0 Å². The Hall–Kier alpha value is -1.88. The van der Waals surface area contributed by atoms with E-state index in [0.717, 1.165) is 0 Å². The number of carbonyl (C=O) groups is 2. The Morgan fingerprint density at radius 1 is 1.25 bits per heavy atom.